The van der Waals surface area contributed by atoms with Gasteiger partial charge in [-0.05, 0) is 53.9 Å². The molecule has 1 fully saturated rings. The third-order valence-corrected chi connectivity index (χ3v) is 6.32. The number of carbonyl (C=O) groups excluding carboxylic acids is 1. The molecule has 1 aliphatic rings. The highest BCUT2D eigenvalue weighted by atomic mass is 79.9. The van der Waals surface area contributed by atoms with Crippen LogP contribution in [0.2, 0.25) is 0 Å². The van der Waals surface area contributed by atoms with Crippen LogP contribution in [0.25, 0.3) is 0 Å². The summed E-state index contributed by atoms with van der Waals surface area (Å²) in [7, 11) is -3.63. The molecule has 1 heterocycles. The van der Waals surface area contributed by atoms with E-state index in [0.29, 0.717) is 23.1 Å². The third kappa shape index (κ3) is 3.68. The molecule has 6 nitrogen and oxygen atoms in total. The zero-order valence-corrected chi connectivity index (χ0v) is 14.7. The zero-order chi connectivity index (χ0) is 16.3. The number of ether oxygens (including phenoxy) is 1. The van der Waals surface area contributed by atoms with Crippen LogP contribution in [0.3, 0.4) is 0 Å². The van der Waals surface area contributed by atoms with Crippen LogP contribution in [0.4, 0.5) is 0 Å². The lowest BCUT2D eigenvalue weighted by Gasteiger charge is -2.30. The summed E-state index contributed by atoms with van der Waals surface area (Å²) in [6, 6.07) is 4.21. The van der Waals surface area contributed by atoms with Crippen molar-refractivity contribution in [1.82, 2.24) is 4.31 Å². The standard InChI is InChI=1S/C14H19BrN2O4S/c1-2-21-14(18)10-5-6-13(12(15)8-10)22(19,20)17-7-3-4-11(16)9-17/h5-6,8,11H,2-4,7,9,16H2,1H3. The van der Waals surface area contributed by atoms with E-state index in [1.807, 2.05) is 0 Å². The van der Waals surface area contributed by atoms with Gasteiger partial charge in [-0.2, -0.15) is 4.31 Å². The number of benzene rings is 1. The molecular formula is C14H19BrN2O4S. The van der Waals surface area contributed by atoms with Crippen molar-refractivity contribution in [3.63, 3.8) is 0 Å². The SMILES string of the molecule is CCOC(=O)c1ccc(S(=O)(=O)N2CCCC(N)C2)c(Br)c1. The van der Waals surface area contributed by atoms with Crippen molar-refractivity contribution in [2.75, 3.05) is 19.7 Å². The number of esters is 1. The van der Waals surface area contributed by atoms with Crippen LogP contribution in [-0.2, 0) is 14.8 Å². The van der Waals surface area contributed by atoms with Gasteiger partial charge in [-0.1, -0.05) is 0 Å². The van der Waals surface area contributed by atoms with Crippen molar-refractivity contribution in [3.05, 3.63) is 28.2 Å². The Hall–Kier alpha value is -0.960. The molecule has 0 bridgehead atoms. The van der Waals surface area contributed by atoms with Gasteiger partial charge in [-0.15, -0.1) is 0 Å². The minimum Gasteiger partial charge on any atom is -0.462 e. The molecule has 2 N–H and O–H groups in total. The quantitative estimate of drug-likeness (QED) is 0.790. The van der Waals surface area contributed by atoms with Crippen LogP contribution in [0.1, 0.15) is 30.1 Å². The van der Waals surface area contributed by atoms with E-state index in [4.69, 9.17) is 10.5 Å². The van der Waals surface area contributed by atoms with Crippen molar-refractivity contribution >= 4 is 31.9 Å². The summed E-state index contributed by atoms with van der Waals surface area (Å²) in [4.78, 5) is 11.8. The molecular weight excluding hydrogens is 372 g/mol. The first-order valence-corrected chi connectivity index (χ1v) is 9.32. The number of nitrogens with zero attached hydrogens (tertiary/aromatic N) is 1. The second kappa shape index (κ2) is 7.08. The smallest absolute Gasteiger partial charge is 0.338 e. The molecule has 0 aromatic heterocycles. The molecule has 0 amide bonds. The molecule has 22 heavy (non-hydrogen) atoms. The second-order valence-electron chi connectivity index (χ2n) is 5.13. The summed E-state index contributed by atoms with van der Waals surface area (Å²) in [5.41, 5.74) is 6.16. The van der Waals surface area contributed by atoms with Gasteiger partial charge in [0.2, 0.25) is 10.0 Å². The predicted molar refractivity (Wildman–Crippen MR) is 86.1 cm³/mol. The fourth-order valence-corrected chi connectivity index (χ4v) is 4.96. The summed E-state index contributed by atoms with van der Waals surface area (Å²) in [6.45, 7) is 2.75. The van der Waals surface area contributed by atoms with Crippen LogP contribution in [0.15, 0.2) is 27.6 Å². The topological polar surface area (TPSA) is 89.7 Å². The van der Waals surface area contributed by atoms with Gasteiger partial charge < -0.3 is 10.5 Å². The summed E-state index contributed by atoms with van der Waals surface area (Å²) < 4.78 is 32.0. The molecule has 1 saturated heterocycles. The zero-order valence-electron chi connectivity index (χ0n) is 12.3. The Balaban J connectivity index is 2.30. The molecule has 2 rings (SSSR count). The number of piperidine rings is 1. The van der Waals surface area contributed by atoms with Crippen LogP contribution in [0.5, 0.6) is 0 Å². The maximum Gasteiger partial charge on any atom is 0.338 e. The minimum atomic E-state index is -3.63. The van der Waals surface area contributed by atoms with E-state index in [1.54, 1.807) is 6.92 Å². The van der Waals surface area contributed by atoms with Crippen molar-refractivity contribution < 1.29 is 17.9 Å². The van der Waals surface area contributed by atoms with Crippen LogP contribution in [0, 0.1) is 0 Å². The lowest BCUT2D eigenvalue weighted by atomic mass is 10.1. The highest BCUT2D eigenvalue weighted by molar-refractivity contribution is 9.10. The normalized spacial score (nSPS) is 19.9. The van der Waals surface area contributed by atoms with Gasteiger partial charge in [0.1, 0.15) is 0 Å². The van der Waals surface area contributed by atoms with Gasteiger partial charge in [-0.3, -0.25) is 0 Å². The number of sulfonamides is 1. The molecule has 122 valence electrons. The van der Waals surface area contributed by atoms with Gasteiger partial charge in [0.25, 0.3) is 0 Å². The van der Waals surface area contributed by atoms with Gasteiger partial charge in [0.05, 0.1) is 17.1 Å². The lowest BCUT2D eigenvalue weighted by molar-refractivity contribution is 0.0526. The van der Waals surface area contributed by atoms with Gasteiger partial charge >= 0.3 is 5.97 Å². The average molecular weight is 391 g/mol. The molecule has 1 atom stereocenters. The maximum absolute atomic E-state index is 12.7. The molecule has 0 aliphatic carbocycles. The third-order valence-electron chi connectivity index (χ3n) is 3.48. The summed E-state index contributed by atoms with van der Waals surface area (Å²) >= 11 is 3.24. The van der Waals surface area contributed by atoms with E-state index >= 15 is 0 Å². The molecule has 1 aliphatic heterocycles. The first-order valence-electron chi connectivity index (χ1n) is 7.08. The Morgan fingerprint density at radius 3 is 2.82 bits per heavy atom. The monoisotopic (exact) mass is 390 g/mol. The molecule has 1 aromatic carbocycles. The van der Waals surface area contributed by atoms with E-state index in [0.717, 1.165) is 12.8 Å². The average Bonchev–Trinajstić information content (AvgIpc) is 2.47. The molecule has 1 unspecified atom stereocenters. The van der Waals surface area contributed by atoms with E-state index in [1.165, 1.54) is 22.5 Å². The van der Waals surface area contributed by atoms with Crippen LogP contribution >= 0.6 is 15.9 Å². The number of halogens is 1. The number of nitrogens with two attached hydrogens (primary N) is 1. The van der Waals surface area contributed by atoms with E-state index in [9.17, 15) is 13.2 Å². The number of hydrogen-bond acceptors (Lipinski definition) is 5. The Labute approximate surface area is 138 Å². The minimum absolute atomic E-state index is 0.134. The summed E-state index contributed by atoms with van der Waals surface area (Å²) in [5, 5.41) is 0. The predicted octanol–water partition coefficient (Wildman–Crippen LogP) is 1.74. The van der Waals surface area contributed by atoms with Crippen molar-refractivity contribution in [2.24, 2.45) is 5.73 Å². The molecule has 8 heteroatoms. The van der Waals surface area contributed by atoms with Crippen LogP contribution < -0.4 is 5.73 Å². The first-order chi connectivity index (χ1) is 10.4. The Bertz CT molecular complexity index is 663. The number of rotatable bonds is 4. The second-order valence-corrected chi connectivity index (χ2v) is 7.89. The highest BCUT2D eigenvalue weighted by Crippen LogP contribution is 2.28. The summed E-state index contributed by atoms with van der Waals surface area (Å²) in [5.74, 6) is -0.479. The van der Waals surface area contributed by atoms with Crippen molar-refractivity contribution in [1.29, 1.82) is 0 Å². The van der Waals surface area contributed by atoms with E-state index in [2.05, 4.69) is 15.9 Å². The Kier molecular flexibility index (Phi) is 5.60. The largest absolute Gasteiger partial charge is 0.462 e. The van der Waals surface area contributed by atoms with Crippen LogP contribution in [-0.4, -0.2) is 44.4 Å². The van der Waals surface area contributed by atoms with Crippen molar-refractivity contribution in [3.8, 4) is 0 Å². The first kappa shape index (κ1) is 17.4. The lowest BCUT2D eigenvalue weighted by Crippen LogP contribution is -2.45. The molecule has 0 radical (unpaired) electrons. The van der Waals surface area contributed by atoms with Gasteiger partial charge in [0.15, 0.2) is 0 Å². The van der Waals surface area contributed by atoms with E-state index in [-0.39, 0.29) is 17.5 Å². The summed E-state index contributed by atoms with van der Waals surface area (Å²) in [6.07, 6.45) is 1.58. The highest BCUT2D eigenvalue weighted by Gasteiger charge is 2.30. The van der Waals surface area contributed by atoms with Gasteiger partial charge in [0, 0.05) is 23.6 Å². The fourth-order valence-electron chi connectivity index (χ4n) is 2.38. The number of carbonyl (C=O) groups is 1. The Morgan fingerprint density at radius 1 is 1.50 bits per heavy atom. The number of hydrogen-bond donors (Lipinski definition) is 1. The molecule has 0 spiro atoms. The molecule has 0 saturated carbocycles. The Morgan fingerprint density at radius 2 is 2.23 bits per heavy atom. The fraction of sp³-hybridized carbons (Fsp3) is 0.500. The van der Waals surface area contributed by atoms with Gasteiger partial charge in [-0.25, -0.2) is 13.2 Å². The van der Waals surface area contributed by atoms with E-state index < -0.39 is 16.0 Å². The maximum atomic E-state index is 12.7. The van der Waals surface area contributed by atoms with Crippen molar-refractivity contribution in [2.45, 2.75) is 30.7 Å². The molecule has 1 aromatic rings.